The molecule has 0 aromatic heterocycles. The molecule has 0 saturated carbocycles. The van der Waals surface area contributed by atoms with Crippen molar-refractivity contribution in [1.29, 1.82) is 0 Å². The Bertz CT molecular complexity index is 653. The number of ether oxygens (including phenoxy) is 1. The first-order chi connectivity index (χ1) is 10.2. The van der Waals surface area contributed by atoms with Gasteiger partial charge in [-0.2, -0.15) is 0 Å². The number of carbonyl (C=O) groups excluding carboxylic acids is 1. The Morgan fingerprint density at radius 2 is 2.05 bits per heavy atom. The van der Waals surface area contributed by atoms with E-state index in [0.717, 1.165) is 21.3 Å². The van der Waals surface area contributed by atoms with Crippen molar-refractivity contribution in [2.75, 3.05) is 7.11 Å². The highest BCUT2D eigenvalue weighted by Crippen LogP contribution is 2.13. The number of halogens is 1. The van der Waals surface area contributed by atoms with Gasteiger partial charge in [-0.3, -0.25) is 4.79 Å². The van der Waals surface area contributed by atoms with E-state index in [1.807, 2.05) is 48.5 Å². The van der Waals surface area contributed by atoms with Crippen LogP contribution in [0.2, 0.25) is 0 Å². The molecule has 4 heteroatoms. The first-order valence-electron chi connectivity index (χ1n) is 6.52. The van der Waals surface area contributed by atoms with Gasteiger partial charge in [-0.25, -0.2) is 0 Å². The van der Waals surface area contributed by atoms with Gasteiger partial charge < -0.3 is 10.1 Å². The van der Waals surface area contributed by atoms with Gasteiger partial charge in [-0.1, -0.05) is 40.2 Å². The highest BCUT2D eigenvalue weighted by atomic mass is 79.9. The summed E-state index contributed by atoms with van der Waals surface area (Å²) in [6, 6.07) is 15.4. The Hall–Kier alpha value is -2.07. The van der Waals surface area contributed by atoms with Crippen molar-refractivity contribution in [2.24, 2.45) is 0 Å². The molecule has 1 N–H and O–H groups in total. The van der Waals surface area contributed by atoms with Crippen molar-refractivity contribution < 1.29 is 9.53 Å². The number of benzene rings is 2. The molecule has 0 aliphatic rings. The average molecular weight is 346 g/mol. The topological polar surface area (TPSA) is 38.3 Å². The molecule has 0 saturated heterocycles. The van der Waals surface area contributed by atoms with E-state index < -0.39 is 0 Å². The van der Waals surface area contributed by atoms with Crippen LogP contribution in [0.1, 0.15) is 11.1 Å². The summed E-state index contributed by atoms with van der Waals surface area (Å²) in [6.45, 7) is 0.471. The van der Waals surface area contributed by atoms with Crippen LogP contribution in [0, 0.1) is 0 Å². The molecule has 2 aromatic carbocycles. The minimum atomic E-state index is -0.127. The SMILES string of the molecule is COc1cccc(CNC(=O)/C=C/c2cccc(Br)c2)c1. The molecule has 0 aliphatic carbocycles. The van der Waals surface area contributed by atoms with Gasteiger partial charge >= 0.3 is 0 Å². The van der Waals surface area contributed by atoms with Gasteiger partial charge in [0.25, 0.3) is 0 Å². The predicted molar refractivity (Wildman–Crippen MR) is 88.0 cm³/mol. The van der Waals surface area contributed by atoms with Gasteiger partial charge in [0.15, 0.2) is 0 Å². The smallest absolute Gasteiger partial charge is 0.244 e. The van der Waals surface area contributed by atoms with Crippen LogP contribution in [0.5, 0.6) is 5.75 Å². The third-order valence-electron chi connectivity index (χ3n) is 2.88. The number of hydrogen-bond donors (Lipinski definition) is 1. The predicted octanol–water partition coefficient (Wildman–Crippen LogP) is 3.79. The van der Waals surface area contributed by atoms with Crippen molar-refractivity contribution in [2.45, 2.75) is 6.54 Å². The largest absolute Gasteiger partial charge is 0.497 e. The van der Waals surface area contributed by atoms with E-state index in [-0.39, 0.29) is 5.91 Å². The maximum Gasteiger partial charge on any atom is 0.244 e. The van der Waals surface area contributed by atoms with Gasteiger partial charge in [-0.15, -0.1) is 0 Å². The average Bonchev–Trinajstić information content (AvgIpc) is 2.51. The van der Waals surface area contributed by atoms with Crippen molar-refractivity contribution in [3.63, 3.8) is 0 Å². The zero-order valence-corrected chi connectivity index (χ0v) is 13.3. The van der Waals surface area contributed by atoms with Crippen LogP contribution in [0.3, 0.4) is 0 Å². The summed E-state index contributed by atoms with van der Waals surface area (Å²) in [7, 11) is 1.62. The summed E-state index contributed by atoms with van der Waals surface area (Å²) in [6.07, 6.45) is 3.31. The highest BCUT2D eigenvalue weighted by Gasteiger charge is 1.99. The quantitative estimate of drug-likeness (QED) is 0.837. The molecule has 0 aliphatic heterocycles. The minimum absolute atomic E-state index is 0.127. The summed E-state index contributed by atoms with van der Waals surface area (Å²) in [4.78, 5) is 11.8. The van der Waals surface area contributed by atoms with Gasteiger partial charge in [0.05, 0.1) is 7.11 Å². The van der Waals surface area contributed by atoms with Gasteiger partial charge in [0.2, 0.25) is 5.91 Å². The number of rotatable bonds is 5. The molecule has 2 aromatic rings. The molecule has 108 valence electrons. The molecule has 0 heterocycles. The third-order valence-corrected chi connectivity index (χ3v) is 3.37. The summed E-state index contributed by atoms with van der Waals surface area (Å²) < 4.78 is 6.13. The second kappa shape index (κ2) is 7.64. The molecular weight excluding hydrogens is 330 g/mol. The van der Waals surface area contributed by atoms with Crippen LogP contribution >= 0.6 is 15.9 Å². The van der Waals surface area contributed by atoms with Crippen LogP contribution < -0.4 is 10.1 Å². The molecule has 3 nitrogen and oxygen atoms in total. The zero-order valence-electron chi connectivity index (χ0n) is 11.7. The summed E-state index contributed by atoms with van der Waals surface area (Å²) >= 11 is 3.40. The standard InChI is InChI=1S/C17H16BrNO2/c1-21-16-7-3-5-14(11-16)12-19-17(20)9-8-13-4-2-6-15(18)10-13/h2-11H,12H2,1H3,(H,19,20)/b9-8+. The Morgan fingerprint density at radius 1 is 1.24 bits per heavy atom. The zero-order chi connectivity index (χ0) is 15.1. The molecule has 0 fully saturated rings. The van der Waals surface area contributed by atoms with Gasteiger partial charge in [-0.05, 0) is 41.5 Å². The van der Waals surface area contributed by atoms with Crippen molar-refractivity contribution in [3.8, 4) is 5.75 Å². The van der Waals surface area contributed by atoms with Gasteiger partial charge in [0, 0.05) is 17.1 Å². The Labute approximate surface area is 132 Å². The van der Waals surface area contributed by atoms with Crippen molar-refractivity contribution >= 4 is 27.9 Å². The molecule has 0 radical (unpaired) electrons. The van der Waals surface area contributed by atoms with Crippen LogP contribution in [0.4, 0.5) is 0 Å². The van der Waals surface area contributed by atoms with E-state index in [0.29, 0.717) is 6.54 Å². The highest BCUT2D eigenvalue weighted by molar-refractivity contribution is 9.10. The fourth-order valence-corrected chi connectivity index (χ4v) is 2.23. The van der Waals surface area contributed by atoms with E-state index in [2.05, 4.69) is 21.2 Å². The number of methoxy groups -OCH3 is 1. The lowest BCUT2D eigenvalue weighted by molar-refractivity contribution is -0.116. The maximum atomic E-state index is 11.8. The molecule has 2 rings (SSSR count). The number of hydrogen-bond acceptors (Lipinski definition) is 2. The summed E-state index contributed by atoms with van der Waals surface area (Å²) in [5.41, 5.74) is 1.97. The van der Waals surface area contributed by atoms with Crippen molar-refractivity contribution in [3.05, 3.63) is 70.2 Å². The Balaban J connectivity index is 1.90. The second-order valence-corrected chi connectivity index (χ2v) is 5.37. The molecule has 0 bridgehead atoms. The van der Waals surface area contributed by atoms with Crippen LogP contribution in [0.25, 0.3) is 6.08 Å². The van der Waals surface area contributed by atoms with E-state index in [9.17, 15) is 4.79 Å². The number of carbonyl (C=O) groups is 1. The second-order valence-electron chi connectivity index (χ2n) is 4.46. The van der Waals surface area contributed by atoms with E-state index in [1.165, 1.54) is 6.08 Å². The first kappa shape index (κ1) is 15.3. The minimum Gasteiger partial charge on any atom is -0.497 e. The van der Waals surface area contributed by atoms with Crippen LogP contribution in [0.15, 0.2) is 59.1 Å². The summed E-state index contributed by atoms with van der Waals surface area (Å²) in [5.74, 6) is 0.657. The molecule has 1 amide bonds. The summed E-state index contributed by atoms with van der Waals surface area (Å²) in [5, 5.41) is 2.84. The van der Waals surface area contributed by atoms with Gasteiger partial charge in [0.1, 0.15) is 5.75 Å². The van der Waals surface area contributed by atoms with E-state index in [4.69, 9.17) is 4.74 Å². The lowest BCUT2D eigenvalue weighted by Gasteiger charge is -2.05. The molecule has 21 heavy (non-hydrogen) atoms. The fraction of sp³-hybridized carbons (Fsp3) is 0.118. The van der Waals surface area contributed by atoms with Crippen LogP contribution in [-0.4, -0.2) is 13.0 Å². The fourth-order valence-electron chi connectivity index (χ4n) is 1.81. The van der Waals surface area contributed by atoms with Crippen molar-refractivity contribution in [1.82, 2.24) is 5.32 Å². The maximum absolute atomic E-state index is 11.8. The number of nitrogens with one attached hydrogen (secondary N) is 1. The normalized spacial score (nSPS) is 10.6. The monoisotopic (exact) mass is 345 g/mol. The molecule has 0 spiro atoms. The number of amides is 1. The third kappa shape index (κ3) is 5.08. The molecule has 0 atom stereocenters. The van der Waals surface area contributed by atoms with Crippen LogP contribution in [-0.2, 0) is 11.3 Å². The molecular formula is C17H16BrNO2. The van der Waals surface area contributed by atoms with E-state index >= 15 is 0 Å². The lowest BCUT2D eigenvalue weighted by atomic mass is 10.2. The van der Waals surface area contributed by atoms with E-state index in [1.54, 1.807) is 13.2 Å². The Morgan fingerprint density at radius 3 is 2.81 bits per heavy atom. The Kier molecular flexibility index (Phi) is 5.58. The molecule has 0 unspecified atom stereocenters. The lowest BCUT2D eigenvalue weighted by Crippen LogP contribution is -2.20. The first-order valence-corrected chi connectivity index (χ1v) is 7.31.